The molecule has 0 aliphatic carbocycles. The van der Waals surface area contributed by atoms with Crippen molar-refractivity contribution in [3.05, 3.63) is 0 Å². The van der Waals surface area contributed by atoms with Crippen LogP contribution >= 0.6 is 0 Å². The van der Waals surface area contributed by atoms with Crippen LogP contribution in [0.4, 0.5) is 9.59 Å². The third-order valence-corrected chi connectivity index (χ3v) is 3.02. The van der Waals surface area contributed by atoms with Gasteiger partial charge in [-0.1, -0.05) is 0 Å². The van der Waals surface area contributed by atoms with Crippen LogP contribution in [0, 0.1) is 0 Å². The van der Waals surface area contributed by atoms with E-state index >= 15 is 0 Å². The number of nitrogens with one attached hydrogen (secondary N) is 1. The topological polar surface area (TPSA) is 105 Å². The van der Waals surface area contributed by atoms with Crippen LogP contribution in [0.15, 0.2) is 0 Å². The number of aliphatic carboxylic acids is 1. The molecule has 1 atom stereocenters. The van der Waals surface area contributed by atoms with Crippen LogP contribution in [0.1, 0.15) is 54.4 Å². The van der Waals surface area contributed by atoms with Crippen molar-refractivity contribution >= 4 is 18.2 Å². The SMILES string of the molecule is CC(C)(C)OC(=O)N(C(=O)OC(C)(C)C)[C@]1(C(=O)O)CCCN1. The molecule has 0 unspecified atom stereocenters. The first kappa shape index (κ1) is 19.2. The van der Waals surface area contributed by atoms with Crippen LogP contribution in [0.25, 0.3) is 0 Å². The summed E-state index contributed by atoms with van der Waals surface area (Å²) in [5, 5.41) is 12.3. The zero-order chi connectivity index (χ0) is 18.1. The zero-order valence-electron chi connectivity index (χ0n) is 14.6. The number of imide groups is 1. The number of rotatable bonds is 2. The summed E-state index contributed by atoms with van der Waals surface area (Å²) in [5.74, 6) is -1.33. The lowest BCUT2D eigenvalue weighted by molar-refractivity contribution is -0.152. The van der Waals surface area contributed by atoms with Gasteiger partial charge in [0, 0.05) is 0 Å². The first-order chi connectivity index (χ1) is 10.3. The Morgan fingerprint density at radius 3 is 1.70 bits per heavy atom. The summed E-state index contributed by atoms with van der Waals surface area (Å²) in [7, 11) is 0. The molecule has 8 heteroatoms. The molecule has 1 aliphatic rings. The molecule has 8 nitrogen and oxygen atoms in total. The molecule has 0 bridgehead atoms. The van der Waals surface area contributed by atoms with E-state index < -0.39 is 35.0 Å². The van der Waals surface area contributed by atoms with Gasteiger partial charge in [-0.15, -0.1) is 0 Å². The van der Waals surface area contributed by atoms with E-state index in [1.165, 1.54) is 0 Å². The van der Waals surface area contributed by atoms with Gasteiger partial charge in [-0.25, -0.2) is 14.4 Å². The van der Waals surface area contributed by atoms with E-state index in [4.69, 9.17) is 9.47 Å². The van der Waals surface area contributed by atoms with E-state index in [1.54, 1.807) is 41.5 Å². The van der Waals surface area contributed by atoms with E-state index in [0.717, 1.165) is 0 Å². The number of carboxylic acid groups (broad SMARTS) is 1. The molecule has 0 spiro atoms. The summed E-state index contributed by atoms with van der Waals surface area (Å²) in [6, 6.07) is 0. The van der Waals surface area contributed by atoms with Crippen LogP contribution in [0.2, 0.25) is 0 Å². The minimum Gasteiger partial charge on any atom is -0.478 e. The van der Waals surface area contributed by atoms with Gasteiger partial charge in [-0.3, -0.25) is 5.32 Å². The monoisotopic (exact) mass is 330 g/mol. The molecule has 1 aliphatic heterocycles. The first-order valence-corrected chi connectivity index (χ1v) is 7.53. The van der Waals surface area contributed by atoms with Crippen molar-refractivity contribution in [2.45, 2.75) is 71.2 Å². The predicted octanol–water partition coefficient (Wildman–Crippen LogP) is 2.32. The second kappa shape index (κ2) is 6.35. The molecule has 1 rings (SSSR count). The molecule has 2 amide bonds. The molecule has 0 aromatic heterocycles. The standard InChI is InChI=1S/C15H26N2O6/c1-13(2,3)22-11(20)17(12(21)23-14(4,5)6)15(10(18)19)8-7-9-16-15/h16H,7-9H2,1-6H3,(H,18,19)/t15-/m0/s1. The molecule has 0 saturated carbocycles. The third-order valence-electron chi connectivity index (χ3n) is 3.02. The van der Waals surface area contributed by atoms with Gasteiger partial charge in [0.2, 0.25) is 5.66 Å². The van der Waals surface area contributed by atoms with Crippen molar-refractivity contribution in [1.82, 2.24) is 10.2 Å². The Balaban J connectivity index is 3.22. The Bertz CT molecular complexity index is 455. The maximum absolute atomic E-state index is 12.5. The largest absolute Gasteiger partial charge is 0.478 e. The molecule has 0 radical (unpaired) electrons. The van der Waals surface area contributed by atoms with Gasteiger partial charge in [0.05, 0.1) is 0 Å². The van der Waals surface area contributed by atoms with Crippen LogP contribution in [0.3, 0.4) is 0 Å². The molecular formula is C15H26N2O6. The smallest absolute Gasteiger partial charge is 0.421 e. The average molecular weight is 330 g/mol. The molecular weight excluding hydrogens is 304 g/mol. The highest BCUT2D eigenvalue weighted by Crippen LogP contribution is 2.28. The summed E-state index contributed by atoms with van der Waals surface area (Å²) in [6.07, 6.45) is -1.51. The van der Waals surface area contributed by atoms with Crippen molar-refractivity contribution in [3.8, 4) is 0 Å². The summed E-state index contributed by atoms with van der Waals surface area (Å²) in [4.78, 5) is 37.3. The fourth-order valence-electron chi connectivity index (χ4n) is 2.20. The predicted molar refractivity (Wildman–Crippen MR) is 81.9 cm³/mol. The Morgan fingerprint density at radius 2 is 1.43 bits per heavy atom. The lowest BCUT2D eigenvalue weighted by Crippen LogP contribution is -2.65. The van der Waals surface area contributed by atoms with Crippen LogP contribution in [0.5, 0.6) is 0 Å². The highest BCUT2D eigenvalue weighted by molar-refractivity contribution is 5.96. The fraction of sp³-hybridized carbons (Fsp3) is 0.800. The molecule has 132 valence electrons. The molecule has 1 heterocycles. The first-order valence-electron chi connectivity index (χ1n) is 7.53. The second-order valence-corrected chi connectivity index (χ2v) is 7.49. The Hall–Kier alpha value is -1.83. The maximum Gasteiger partial charge on any atom is 0.421 e. The Labute approximate surface area is 136 Å². The van der Waals surface area contributed by atoms with Gasteiger partial charge >= 0.3 is 18.2 Å². The van der Waals surface area contributed by atoms with Crippen LogP contribution < -0.4 is 5.32 Å². The molecule has 1 saturated heterocycles. The lowest BCUT2D eigenvalue weighted by Gasteiger charge is -2.37. The number of carbonyl (C=O) groups is 3. The summed E-state index contributed by atoms with van der Waals surface area (Å²) >= 11 is 0. The number of ether oxygens (including phenoxy) is 2. The Kier molecular flexibility index (Phi) is 5.30. The summed E-state index contributed by atoms with van der Waals surface area (Å²) in [6.45, 7) is 10.2. The van der Waals surface area contributed by atoms with Crippen LogP contribution in [-0.4, -0.2) is 51.6 Å². The molecule has 2 N–H and O–H groups in total. The molecule has 23 heavy (non-hydrogen) atoms. The highest BCUT2D eigenvalue weighted by Gasteiger charge is 2.54. The van der Waals surface area contributed by atoms with E-state index in [2.05, 4.69) is 5.32 Å². The number of carbonyl (C=O) groups excluding carboxylic acids is 2. The van der Waals surface area contributed by atoms with Gasteiger partial charge < -0.3 is 14.6 Å². The minimum absolute atomic E-state index is 0.0841. The van der Waals surface area contributed by atoms with Gasteiger partial charge in [0.25, 0.3) is 0 Å². The maximum atomic E-state index is 12.5. The van der Waals surface area contributed by atoms with Crippen LogP contribution in [-0.2, 0) is 14.3 Å². The van der Waals surface area contributed by atoms with Gasteiger partial charge in [-0.05, 0) is 60.9 Å². The third kappa shape index (κ3) is 4.82. The summed E-state index contributed by atoms with van der Waals surface area (Å²) < 4.78 is 10.4. The number of hydrogen-bond acceptors (Lipinski definition) is 6. The number of nitrogens with zero attached hydrogens (tertiary/aromatic N) is 1. The normalized spacial score (nSPS) is 21.7. The summed E-state index contributed by atoms with van der Waals surface area (Å²) in [5.41, 5.74) is -3.62. The lowest BCUT2D eigenvalue weighted by atomic mass is 10.1. The van der Waals surface area contributed by atoms with E-state index in [0.29, 0.717) is 17.9 Å². The fourth-order valence-corrected chi connectivity index (χ4v) is 2.20. The van der Waals surface area contributed by atoms with E-state index in [9.17, 15) is 19.5 Å². The Morgan fingerprint density at radius 1 is 1.00 bits per heavy atom. The van der Waals surface area contributed by atoms with Gasteiger partial charge in [0.1, 0.15) is 11.2 Å². The van der Waals surface area contributed by atoms with E-state index in [-0.39, 0.29) is 6.42 Å². The van der Waals surface area contributed by atoms with Crippen molar-refractivity contribution in [2.75, 3.05) is 6.54 Å². The van der Waals surface area contributed by atoms with E-state index in [1.807, 2.05) is 0 Å². The average Bonchev–Trinajstić information content (AvgIpc) is 2.74. The van der Waals surface area contributed by atoms with Crippen molar-refractivity contribution in [2.24, 2.45) is 0 Å². The quantitative estimate of drug-likeness (QED) is 0.800. The minimum atomic E-state index is -1.86. The van der Waals surface area contributed by atoms with Crippen molar-refractivity contribution in [3.63, 3.8) is 0 Å². The van der Waals surface area contributed by atoms with Gasteiger partial charge in [0.15, 0.2) is 0 Å². The highest BCUT2D eigenvalue weighted by atomic mass is 16.6. The molecule has 0 aromatic carbocycles. The number of hydrogen-bond donors (Lipinski definition) is 2. The van der Waals surface area contributed by atoms with Gasteiger partial charge in [-0.2, -0.15) is 4.90 Å². The van der Waals surface area contributed by atoms with Crippen molar-refractivity contribution < 1.29 is 29.0 Å². The zero-order valence-corrected chi connectivity index (χ0v) is 14.6. The number of amides is 2. The molecule has 1 fully saturated rings. The van der Waals surface area contributed by atoms with Crippen molar-refractivity contribution in [1.29, 1.82) is 0 Å². The number of carboxylic acids is 1. The second-order valence-electron chi connectivity index (χ2n) is 7.49. The molecule has 0 aromatic rings.